The van der Waals surface area contributed by atoms with Gasteiger partial charge in [-0.25, -0.2) is 0 Å². The lowest BCUT2D eigenvalue weighted by molar-refractivity contribution is -0.126. The summed E-state index contributed by atoms with van der Waals surface area (Å²) in [6, 6.07) is 10.1. The third-order valence-electron chi connectivity index (χ3n) is 3.12. The topological polar surface area (TPSA) is 43.1 Å². The van der Waals surface area contributed by atoms with Crippen LogP contribution < -0.4 is 5.73 Å². The number of primary amides is 1. The van der Waals surface area contributed by atoms with Gasteiger partial charge in [-0.15, -0.1) is 0 Å². The highest BCUT2D eigenvalue weighted by atomic mass is 16.1. The van der Waals surface area contributed by atoms with Crippen LogP contribution in [0.5, 0.6) is 0 Å². The number of hydrogen-bond donors (Lipinski definition) is 1. The first-order valence-electron chi connectivity index (χ1n) is 5.16. The SMILES string of the molecule is CC1(C(N)=O)CC=C(c2ccccc2)C1. The lowest BCUT2D eigenvalue weighted by Crippen LogP contribution is -2.32. The minimum Gasteiger partial charge on any atom is -0.369 e. The third kappa shape index (κ3) is 1.80. The maximum atomic E-state index is 11.3. The summed E-state index contributed by atoms with van der Waals surface area (Å²) in [6.45, 7) is 1.93. The third-order valence-corrected chi connectivity index (χ3v) is 3.12. The second-order valence-electron chi connectivity index (χ2n) is 4.40. The molecule has 0 heterocycles. The van der Waals surface area contributed by atoms with Crippen molar-refractivity contribution in [1.29, 1.82) is 0 Å². The van der Waals surface area contributed by atoms with E-state index in [9.17, 15) is 4.79 Å². The number of rotatable bonds is 2. The van der Waals surface area contributed by atoms with E-state index in [1.54, 1.807) is 0 Å². The minimum atomic E-state index is -0.384. The summed E-state index contributed by atoms with van der Waals surface area (Å²) in [5.41, 5.74) is 7.45. The first-order valence-corrected chi connectivity index (χ1v) is 5.16. The average molecular weight is 201 g/mol. The van der Waals surface area contributed by atoms with Crippen molar-refractivity contribution in [2.24, 2.45) is 11.1 Å². The summed E-state index contributed by atoms with van der Waals surface area (Å²) in [5, 5.41) is 0. The molecule has 1 unspecified atom stereocenters. The molecule has 15 heavy (non-hydrogen) atoms. The zero-order valence-electron chi connectivity index (χ0n) is 8.86. The van der Waals surface area contributed by atoms with Gasteiger partial charge in [-0.2, -0.15) is 0 Å². The number of nitrogens with two attached hydrogens (primary N) is 1. The van der Waals surface area contributed by atoms with Gasteiger partial charge in [0.15, 0.2) is 0 Å². The molecule has 2 rings (SSSR count). The fourth-order valence-corrected chi connectivity index (χ4v) is 1.97. The van der Waals surface area contributed by atoms with Gasteiger partial charge in [0.1, 0.15) is 0 Å². The maximum Gasteiger partial charge on any atom is 0.224 e. The van der Waals surface area contributed by atoms with E-state index in [1.165, 1.54) is 11.1 Å². The molecule has 2 heteroatoms. The largest absolute Gasteiger partial charge is 0.369 e. The summed E-state index contributed by atoms with van der Waals surface area (Å²) < 4.78 is 0. The number of amides is 1. The van der Waals surface area contributed by atoms with Crippen LogP contribution in [0.1, 0.15) is 25.3 Å². The van der Waals surface area contributed by atoms with E-state index in [-0.39, 0.29) is 11.3 Å². The molecule has 2 nitrogen and oxygen atoms in total. The Morgan fingerprint density at radius 1 is 1.33 bits per heavy atom. The van der Waals surface area contributed by atoms with Crippen LogP contribution in [0.3, 0.4) is 0 Å². The Hall–Kier alpha value is -1.57. The van der Waals surface area contributed by atoms with E-state index in [2.05, 4.69) is 18.2 Å². The standard InChI is InChI=1S/C13H15NO/c1-13(12(14)15)8-7-11(9-13)10-5-3-2-4-6-10/h2-7H,8-9H2,1H3,(H2,14,15). The molecule has 1 aromatic rings. The van der Waals surface area contributed by atoms with Crippen LogP contribution in [0.2, 0.25) is 0 Å². The highest BCUT2D eigenvalue weighted by Crippen LogP contribution is 2.41. The fourth-order valence-electron chi connectivity index (χ4n) is 1.97. The van der Waals surface area contributed by atoms with Crippen LogP contribution in [0.15, 0.2) is 36.4 Å². The zero-order valence-corrected chi connectivity index (χ0v) is 8.86. The molecular formula is C13H15NO. The maximum absolute atomic E-state index is 11.3. The van der Waals surface area contributed by atoms with E-state index >= 15 is 0 Å². The Morgan fingerprint density at radius 2 is 2.00 bits per heavy atom. The number of carbonyl (C=O) groups is 1. The smallest absolute Gasteiger partial charge is 0.224 e. The predicted molar refractivity (Wildman–Crippen MR) is 61.0 cm³/mol. The lowest BCUT2D eigenvalue weighted by Gasteiger charge is -2.19. The van der Waals surface area contributed by atoms with Crippen molar-refractivity contribution in [1.82, 2.24) is 0 Å². The molecule has 1 aromatic carbocycles. The highest BCUT2D eigenvalue weighted by molar-refractivity contribution is 5.85. The molecule has 0 aromatic heterocycles. The summed E-state index contributed by atoms with van der Waals surface area (Å²) in [5.74, 6) is -0.204. The molecule has 78 valence electrons. The molecule has 0 radical (unpaired) electrons. The molecule has 1 atom stereocenters. The Balaban J connectivity index is 2.21. The second-order valence-corrected chi connectivity index (χ2v) is 4.40. The summed E-state index contributed by atoms with van der Waals surface area (Å²) in [4.78, 5) is 11.3. The lowest BCUT2D eigenvalue weighted by atomic mass is 9.85. The van der Waals surface area contributed by atoms with E-state index < -0.39 is 0 Å². The van der Waals surface area contributed by atoms with Gasteiger partial charge >= 0.3 is 0 Å². The van der Waals surface area contributed by atoms with Gasteiger partial charge < -0.3 is 5.73 Å². The fraction of sp³-hybridized carbons (Fsp3) is 0.308. The second kappa shape index (κ2) is 3.54. The van der Waals surface area contributed by atoms with Gasteiger partial charge in [-0.1, -0.05) is 43.3 Å². The van der Waals surface area contributed by atoms with Gasteiger partial charge in [0.25, 0.3) is 0 Å². The quantitative estimate of drug-likeness (QED) is 0.784. The van der Waals surface area contributed by atoms with Crippen molar-refractivity contribution in [2.75, 3.05) is 0 Å². The number of benzene rings is 1. The summed E-state index contributed by atoms with van der Waals surface area (Å²) in [6.07, 6.45) is 3.64. The summed E-state index contributed by atoms with van der Waals surface area (Å²) in [7, 11) is 0. The predicted octanol–water partition coefficient (Wildman–Crippen LogP) is 2.36. The van der Waals surface area contributed by atoms with Crippen LogP contribution in [-0.2, 0) is 4.79 Å². The van der Waals surface area contributed by atoms with Gasteiger partial charge in [0, 0.05) is 0 Å². The van der Waals surface area contributed by atoms with Crippen LogP contribution >= 0.6 is 0 Å². The van der Waals surface area contributed by atoms with Crippen molar-refractivity contribution < 1.29 is 4.79 Å². The molecule has 1 aliphatic rings. The Morgan fingerprint density at radius 3 is 2.53 bits per heavy atom. The Kier molecular flexibility index (Phi) is 2.35. The molecule has 1 amide bonds. The Labute approximate surface area is 89.8 Å². The molecule has 1 aliphatic carbocycles. The number of carbonyl (C=O) groups excluding carboxylic acids is 1. The van der Waals surface area contributed by atoms with E-state index in [4.69, 9.17) is 5.73 Å². The molecule has 0 bridgehead atoms. The van der Waals surface area contributed by atoms with Crippen LogP contribution in [0.4, 0.5) is 0 Å². The first kappa shape index (κ1) is 9.97. The van der Waals surface area contributed by atoms with Gasteiger partial charge in [-0.05, 0) is 24.0 Å². The van der Waals surface area contributed by atoms with E-state index in [1.807, 2.05) is 25.1 Å². The van der Waals surface area contributed by atoms with Crippen molar-refractivity contribution in [3.05, 3.63) is 42.0 Å². The van der Waals surface area contributed by atoms with Crippen molar-refractivity contribution >= 4 is 11.5 Å². The van der Waals surface area contributed by atoms with E-state index in [0.29, 0.717) is 0 Å². The van der Waals surface area contributed by atoms with Crippen molar-refractivity contribution in [3.8, 4) is 0 Å². The monoisotopic (exact) mass is 201 g/mol. The Bertz CT molecular complexity index is 408. The average Bonchev–Trinajstić information content (AvgIpc) is 2.64. The molecular weight excluding hydrogens is 186 g/mol. The highest BCUT2D eigenvalue weighted by Gasteiger charge is 2.35. The molecule has 0 saturated heterocycles. The normalized spacial score (nSPS) is 25.0. The van der Waals surface area contributed by atoms with Crippen molar-refractivity contribution in [3.63, 3.8) is 0 Å². The van der Waals surface area contributed by atoms with Crippen LogP contribution in [0, 0.1) is 5.41 Å². The summed E-state index contributed by atoms with van der Waals surface area (Å²) >= 11 is 0. The molecule has 0 saturated carbocycles. The molecule has 0 aliphatic heterocycles. The van der Waals surface area contributed by atoms with Gasteiger partial charge in [0.2, 0.25) is 5.91 Å². The molecule has 0 fully saturated rings. The molecule has 0 spiro atoms. The number of hydrogen-bond acceptors (Lipinski definition) is 1. The number of allylic oxidation sites excluding steroid dienone is 2. The van der Waals surface area contributed by atoms with Crippen molar-refractivity contribution in [2.45, 2.75) is 19.8 Å². The van der Waals surface area contributed by atoms with E-state index in [0.717, 1.165) is 12.8 Å². The van der Waals surface area contributed by atoms with Gasteiger partial charge in [0.05, 0.1) is 5.41 Å². The van der Waals surface area contributed by atoms with Gasteiger partial charge in [-0.3, -0.25) is 4.79 Å². The first-order chi connectivity index (χ1) is 7.12. The van der Waals surface area contributed by atoms with Crippen LogP contribution in [-0.4, -0.2) is 5.91 Å². The zero-order chi connectivity index (χ0) is 10.9. The van der Waals surface area contributed by atoms with Crippen LogP contribution in [0.25, 0.3) is 5.57 Å². The minimum absolute atomic E-state index is 0.204. The molecule has 2 N–H and O–H groups in total.